The summed E-state index contributed by atoms with van der Waals surface area (Å²) < 4.78 is 5.85. The van der Waals surface area contributed by atoms with Gasteiger partial charge in [-0.2, -0.15) is 0 Å². The Morgan fingerprint density at radius 1 is 1.41 bits per heavy atom. The zero-order chi connectivity index (χ0) is 16.2. The molecule has 0 aromatic heterocycles. The van der Waals surface area contributed by atoms with E-state index in [1.54, 1.807) is 11.8 Å². The minimum Gasteiger partial charge on any atom is -0.493 e. The van der Waals surface area contributed by atoms with Crippen LogP contribution in [-0.4, -0.2) is 30.9 Å². The highest BCUT2D eigenvalue weighted by molar-refractivity contribution is 8.00. The molecule has 1 aliphatic rings. The number of carbonyl (C=O) groups excluding carboxylic acids is 1. The van der Waals surface area contributed by atoms with Crippen molar-refractivity contribution in [2.45, 2.75) is 38.5 Å². The fourth-order valence-corrected chi connectivity index (χ4v) is 3.46. The molecule has 0 aliphatic carbocycles. The molecule has 3 N–H and O–H groups in total. The van der Waals surface area contributed by atoms with Crippen LogP contribution in [0.1, 0.15) is 38.0 Å². The summed E-state index contributed by atoms with van der Waals surface area (Å²) in [6, 6.07) is 7.95. The van der Waals surface area contributed by atoms with Gasteiger partial charge in [-0.05, 0) is 35.3 Å². The van der Waals surface area contributed by atoms with Crippen molar-refractivity contribution in [3.8, 4) is 5.75 Å². The number of hydrogen-bond donors (Lipinski definition) is 2. The number of nitrogens with two attached hydrogens (primary N) is 1. The highest BCUT2D eigenvalue weighted by Gasteiger charge is 2.27. The van der Waals surface area contributed by atoms with Crippen LogP contribution in [0.5, 0.6) is 5.75 Å². The smallest absolute Gasteiger partial charge is 0.237 e. The SMILES string of the molecule is CC(C)(C)COc1cccc([C@H]2SCC[C@@H](CN)NC2=O)c1. The third kappa shape index (κ3) is 4.92. The van der Waals surface area contributed by atoms with Crippen LogP contribution in [0.15, 0.2) is 24.3 Å². The molecule has 2 atom stereocenters. The van der Waals surface area contributed by atoms with Crippen LogP contribution >= 0.6 is 11.8 Å². The Morgan fingerprint density at radius 2 is 2.18 bits per heavy atom. The van der Waals surface area contributed by atoms with Gasteiger partial charge in [0, 0.05) is 12.6 Å². The summed E-state index contributed by atoms with van der Waals surface area (Å²) in [7, 11) is 0. The van der Waals surface area contributed by atoms with Crippen LogP contribution in [0.2, 0.25) is 0 Å². The van der Waals surface area contributed by atoms with Crippen molar-refractivity contribution in [2.75, 3.05) is 18.9 Å². The molecule has 1 aromatic carbocycles. The lowest BCUT2D eigenvalue weighted by atomic mass is 9.99. The Kier molecular flexibility index (Phi) is 5.75. The van der Waals surface area contributed by atoms with Gasteiger partial charge in [0.2, 0.25) is 5.91 Å². The van der Waals surface area contributed by atoms with Gasteiger partial charge in [-0.3, -0.25) is 4.79 Å². The summed E-state index contributed by atoms with van der Waals surface area (Å²) in [5, 5.41) is 2.84. The van der Waals surface area contributed by atoms with E-state index in [4.69, 9.17) is 10.5 Å². The maximum Gasteiger partial charge on any atom is 0.237 e. The van der Waals surface area contributed by atoms with Crippen molar-refractivity contribution in [1.82, 2.24) is 5.32 Å². The predicted octanol–water partition coefficient (Wildman–Crippen LogP) is 2.73. The van der Waals surface area contributed by atoms with Crippen LogP contribution in [0, 0.1) is 5.41 Å². The van der Waals surface area contributed by atoms with Crippen molar-refractivity contribution in [2.24, 2.45) is 11.1 Å². The largest absolute Gasteiger partial charge is 0.493 e. The van der Waals surface area contributed by atoms with Gasteiger partial charge >= 0.3 is 0 Å². The van der Waals surface area contributed by atoms with Gasteiger partial charge in [0.05, 0.1) is 6.61 Å². The molecule has 22 heavy (non-hydrogen) atoms. The number of thioether (sulfide) groups is 1. The number of benzene rings is 1. The lowest BCUT2D eigenvalue weighted by molar-refractivity contribution is -0.121. The molecule has 1 amide bonds. The van der Waals surface area contributed by atoms with E-state index < -0.39 is 0 Å². The normalized spacial score (nSPS) is 22.8. The van der Waals surface area contributed by atoms with Gasteiger partial charge in [-0.25, -0.2) is 0 Å². The van der Waals surface area contributed by atoms with Crippen LogP contribution in [0.25, 0.3) is 0 Å². The Balaban J connectivity index is 2.09. The molecule has 0 spiro atoms. The first kappa shape index (κ1) is 17.2. The molecule has 0 unspecified atom stereocenters. The lowest BCUT2D eigenvalue weighted by Crippen LogP contribution is -2.40. The van der Waals surface area contributed by atoms with E-state index in [1.807, 2.05) is 24.3 Å². The highest BCUT2D eigenvalue weighted by atomic mass is 32.2. The Hall–Kier alpha value is -1.20. The fraction of sp³-hybridized carbons (Fsp3) is 0.588. The predicted molar refractivity (Wildman–Crippen MR) is 92.2 cm³/mol. The maximum absolute atomic E-state index is 12.4. The van der Waals surface area contributed by atoms with E-state index in [9.17, 15) is 4.79 Å². The molecule has 5 heteroatoms. The Bertz CT molecular complexity index is 514. The Labute approximate surface area is 137 Å². The minimum absolute atomic E-state index is 0.0471. The molecule has 1 fully saturated rings. The van der Waals surface area contributed by atoms with Crippen molar-refractivity contribution >= 4 is 17.7 Å². The minimum atomic E-state index is -0.185. The standard InChI is InChI=1S/C17H26N2O2S/c1-17(2,3)11-21-14-6-4-5-12(9-14)15-16(20)19-13(10-18)7-8-22-15/h4-6,9,13,15H,7-8,10-11,18H2,1-3H3,(H,19,20)/t13-,15+/m0/s1. The number of carbonyl (C=O) groups is 1. The molecule has 1 aliphatic heterocycles. The summed E-state index contributed by atoms with van der Waals surface area (Å²) in [6.07, 6.45) is 0.920. The van der Waals surface area contributed by atoms with Crippen LogP contribution in [0.3, 0.4) is 0 Å². The molecule has 0 bridgehead atoms. The molecule has 1 saturated heterocycles. The van der Waals surface area contributed by atoms with Gasteiger partial charge in [0.25, 0.3) is 0 Å². The summed E-state index contributed by atoms with van der Waals surface area (Å²) >= 11 is 1.67. The maximum atomic E-state index is 12.4. The summed E-state index contributed by atoms with van der Waals surface area (Å²) in [4.78, 5) is 12.4. The van der Waals surface area contributed by atoms with Crippen molar-refractivity contribution in [3.63, 3.8) is 0 Å². The first-order valence-electron chi connectivity index (χ1n) is 7.74. The molecule has 4 nitrogen and oxygen atoms in total. The number of rotatable bonds is 4. The molecular weight excluding hydrogens is 296 g/mol. The molecule has 0 saturated carbocycles. The molecule has 122 valence electrons. The molecule has 0 radical (unpaired) electrons. The zero-order valence-corrected chi connectivity index (χ0v) is 14.4. The topological polar surface area (TPSA) is 64.3 Å². The average Bonchev–Trinajstić information content (AvgIpc) is 2.66. The van der Waals surface area contributed by atoms with Crippen LogP contribution in [-0.2, 0) is 4.79 Å². The van der Waals surface area contributed by atoms with Crippen LogP contribution < -0.4 is 15.8 Å². The Morgan fingerprint density at radius 3 is 2.86 bits per heavy atom. The third-order valence-corrected chi connectivity index (χ3v) is 4.74. The summed E-state index contributed by atoms with van der Waals surface area (Å²) in [5.74, 6) is 1.80. The second-order valence-corrected chi connectivity index (χ2v) is 8.12. The van der Waals surface area contributed by atoms with E-state index in [0.29, 0.717) is 13.2 Å². The van der Waals surface area contributed by atoms with E-state index in [1.165, 1.54) is 0 Å². The molecule has 1 heterocycles. The average molecular weight is 322 g/mol. The van der Waals surface area contributed by atoms with Crippen molar-refractivity contribution in [1.29, 1.82) is 0 Å². The highest BCUT2D eigenvalue weighted by Crippen LogP contribution is 2.33. The van der Waals surface area contributed by atoms with Crippen molar-refractivity contribution in [3.05, 3.63) is 29.8 Å². The van der Waals surface area contributed by atoms with Crippen LogP contribution in [0.4, 0.5) is 0 Å². The van der Waals surface area contributed by atoms with E-state index in [0.717, 1.165) is 23.5 Å². The second kappa shape index (κ2) is 7.38. The first-order valence-corrected chi connectivity index (χ1v) is 8.79. The molecular formula is C17H26N2O2S. The van der Waals surface area contributed by atoms with Gasteiger partial charge in [-0.15, -0.1) is 11.8 Å². The van der Waals surface area contributed by atoms with Gasteiger partial charge in [0.1, 0.15) is 11.0 Å². The lowest BCUT2D eigenvalue weighted by Gasteiger charge is -2.20. The quantitative estimate of drug-likeness (QED) is 0.894. The second-order valence-electron chi connectivity index (χ2n) is 6.90. The number of hydrogen-bond acceptors (Lipinski definition) is 4. The summed E-state index contributed by atoms with van der Waals surface area (Å²) in [6.45, 7) is 7.55. The van der Waals surface area contributed by atoms with Gasteiger partial charge in [-0.1, -0.05) is 32.9 Å². The van der Waals surface area contributed by atoms with Gasteiger partial charge in [0.15, 0.2) is 0 Å². The van der Waals surface area contributed by atoms with Crippen molar-refractivity contribution < 1.29 is 9.53 Å². The number of nitrogens with one attached hydrogen (secondary N) is 1. The number of amides is 1. The van der Waals surface area contributed by atoms with E-state index in [2.05, 4.69) is 26.1 Å². The molecule has 2 rings (SSSR count). The van der Waals surface area contributed by atoms with E-state index >= 15 is 0 Å². The zero-order valence-electron chi connectivity index (χ0n) is 13.6. The summed E-state index contributed by atoms with van der Waals surface area (Å²) in [5.41, 5.74) is 6.78. The van der Waals surface area contributed by atoms with Gasteiger partial charge < -0.3 is 15.8 Å². The first-order chi connectivity index (χ1) is 10.4. The van der Waals surface area contributed by atoms with E-state index in [-0.39, 0.29) is 22.6 Å². The molecule has 1 aromatic rings. The number of ether oxygens (including phenoxy) is 1. The fourth-order valence-electron chi connectivity index (χ4n) is 2.24. The third-order valence-electron chi connectivity index (χ3n) is 3.45. The monoisotopic (exact) mass is 322 g/mol.